The molecule has 3 nitrogen and oxygen atoms in total. The standard InChI is InChI=1S/C13H17ClN2OS/c1-15-7-9-2-3-10(14)6-12(9)18-8-13(17)16-11-4-5-11/h2-3,6,11,15H,4-5,7-8H2,1H3,(H,16,17). The van der Waals surface area contributed by atoms with Gasteiger partial charge < -0.3 is 10.6 Å². The van der Waals surface area contributed by atoms with Gasteiger partial charge in [0.2, 0.25) is 5.91 Å². The van der Waals surface area contributed by atoms with Crippen molar-refractivity contribution in [3.05, 3.63) is 28.8 Å². The Morgan fingerprint density at radius 3 is 2.94 bits per heavy atom. The Morgan fingerprint density at radius 2 is 2.28 bits per heavy atom. The van der Waals surface area contributed by atoms with Gasteiger partial charge >= 0.3 is 0 Å². The van der Waals surface area contributed by atoms with Crippen molar-refractivity contribution >= 4 is 29.3 Å². The molecule has 1 aliphatic carbocycles. The fourth-order valence-corrected chi connectivity index (χ4v) is 2.78. The van der Waals surface area contributed by atoms with Crippen LogP contribution in [0.2, 0.25) is 5.02 Å². The van der Waals surface area contributed by atoms with Crippen molar-refractivity contribution in [3.63, 3.8) is 0 Å². The van der Waals surface area contributed by atoms with Gasteiger partial charge in [-0.15, -0.1) is 11.8 Å². The molecule has 1 saturated carbocycles. The first-order chi connectivity index (χ1) is 8.69. The lowest BCUT2D eigenvalue weighted by Gasteiger charge is -2.09. The summed E-state index contributed by atoms with van der Waals surface area (Å²) in [6.45, 7) is 0.781. The number of hydrogen-bond acceptors (Lipinski definition) is 3. The number of rotatable bonds is 6. The van der Waals surface area contributed by atoms with E-state index >= 15 is 0 Å². The van der Waals surface area contributed by atoms with Crippen molar-refractivity contribution < 1.29 is 4.79 Å². The van der Waals surface area contributed by atoms with E-state index in [2.05, 4.69) is 10.6 Å². The Hall–Kier alpha value is -0.710. The molecule has 0 aliphatic heterocycles. The minimum absolute atomic E-state index is 0.109. The molecule has 18 heavy (non-hydrogen) atoms. The molecule has 1 aromatic rings. The zero-order chi connectivity index (χ0) is 13.0. The smallest absolute Gasteiger partial charge is 0.230 e. The van der Waals surface area contributed by atoms with Crippen LogP contribution in [0.1, 0.15) is 18.4 Å². The summed E-state index contributed by atoms with van der Waals surface area (Å²) in [5, 5.41) is 6.81. The molecule has 5 heteroatoms. The highest BCUT2D eigenvalue weighted by molar-refractivity contribution is 8.00. The Kier molecular flexibility index (Phi) is 4.92. The molecule has 0 radical (unpaired) electrons. The maximum absolute atomic E-state index is 11.6. The molecule has 98 valence electrons. The van der Waals surface area contributed by atoms with E-state index in [-0.39, 0.29) is 5.91 Å². The van der Waals surface area contributed by atoms with E-state index in [4.69, 9.17) is 11.6 Å². The van der Waals surface area contributed by atoms with Crippen LogP contribution in [0.3, 0.4) is 0 Å². The third-order valence-electron chi connectivity index (χ3n) is 2.70. The van der Waals surface area contributed by atoms with Crippen LogP contribution in [0, 0.1) is 0 Å². The van der Waals surface area contributed by atoms with Gasteiger partial charge in [-0.1, -0.05) is 17.7 Å². The molecular formula is C13H17ClN2OS. The number of nitrogens with one attached hydrogen (secondary N) is 2. The summed E-state index contributed by atoms with van der Waals surface area (Å²) in [5.74, 6) is 0.561. The van der Waals surface area contributed by atoms with Crippen LogP contribution >= 0.6 is 23.4 Å². The number of carbonyl (C=O) groups is 1. The van der Waals surface area contributed by atoms with Crippen LogP contribution in [0.4, 0.5) is 0 Å². The largest absolute Gasteiger partial charge is 0.353 e. The molecular weight excluding hydrogens is 268 g/mol. The lowest BCUT2D eigenvalue weighted by Crippen LogP contribution is -2.27. The first kappa shape index (κ1) is 13.7. The van der Waals surface area contributed by atoms with E-state index in [0.29, 0.717) is 16.8 Å². The van der Waals surface area contributed by atoms with Crippen molar-refractivity contribution in [2.45, 2.75) is 30.3 Å². The normalized spacial score (nSPS) is 14.6. The maximum Gasteiger partial charge on any atom is 0.230 e. The van der Waals surface area contributed by atoms with Crippen LogP contribution in [0.5, 0.6) is 0 Å². The number of halogens is 1. The van der Waals surface area contributed by atoms with E-state index < -0.39 is 0 Å². The van der Waals surface area contributed by atoms with E-state index in [0.717, 1.165) is 24.3 Å². The van der Waals surface area contributed by atoms with Crippen molar-refractivity contribution in [1.82, 2.24) is 10.6 Å². The van der Waals surface area contributed by atoms with Gasteiger partial charge in [0.1, 0.15) is 0 Å². The SMILES string of the molecule is CNCc1ccc(Cl)cc1SCC(=O)NC1CC1. The van der Waals surface area contributed by atoms with E-state index in [9.17, 15) is 4.79 Å². The monoisotopic (exact) mass is 284 g/mol. The average Bonchev–Trinajstić information content (AvgIpc) is 3.13. The predicted octanol–water partition coefficient (Wildman–Crippen LogP) is 2.43. The van der Waals surface area contributed by atoms with Gasteiger partial charge in [0.25, 0.3) is 0 Å². The van der Waals surface area contributed by atoms with Crippen LogP contribution in [0.15, 0.2) is 23.1 Å². The molecule has 0 saturated heterocycles. The molecule has 1 amide bonds. The first-order valence-corrected chi connectivity index (χ1v) is 7.40. The predicted molar refractivity (Wildman–Crippen MR) is 76.1 cm³/mol. The fourth-order valence-electron chi connectivity index (χ4n) is 1.64. The minimum atomic E-state index is 0.109. The number of hydrogen-bond donors (Lipinski definition) is 2. The van der Waals surface area contributed by atoms with Gasteiger partial charge in [0.15, 0.2) is 0 Å². The van der Waals surface area contributed by atoms with Crippen molar-refractivity contribution in [2.24, 2.45) is 0 Å². The first-order valence-electron chi connectivity index (χ1n) is 6.04. The number of thioether (sulfide) groups is 1. The summed E-state index contributed by atoms with van der Waals surface area (Å²) >= 11 is 7.53. The van der Waals surface area contributed by atoms with Crippen molar-refractivity contribution in [1.29, 1.82) is 0 Å². The Morgan fingerprint density at radius 1 is 1.50 bits per heavy atom. The summed E-state index contributed by atoms with van der Waals surface area (Å²) < 4.78 is 0. The van der Waals surface area contributed by atoms with Gasteiger partial charge in [0.05, 0.1) is 5.75 Å². The van der Waals surface area contributed by atoms with Crippen LogP contribution < -0.4 is 10.6 Å². The van der Waals surface area contributed by atoms with E-state index in [1.54, 1.807) is 11.8 Å². The molecule has 1 aromatic carbocycles. The van der Waals surface area contributed by atoms with Crippen LogP contribution in [-0.2, 0) is 11.3 Å². The number of carbonyl (C=O) groups excluding carboxylic acids is 1. The van der Waals surface area contributed by atoms with Gasteiger partial charge in [0, 0.05) is 22.5 Å². The highest BCUT2D eigenvalue weighted by Gasteiger charge is 2.23. The molecule has 2 rings (SSSR count). The van der Waals surface area contributed by atoms with Gasteiger partial charge in [-0.3, -0.25) is 4.79 Å². The topological polar surface area (TPSA) is 41.1 Å². The highest BCUT2D eigenvalue weighted by atomic mass is 35.5. The summed E-state index contributed by atoms with van der Waals surface area (Å²) in [4.78, 5) is 12.7. The second-order valence-corrected chi connectivity index (χ2v) is 5.87. The fraction of sp³-hybridized carbons (Fsp3) is 0.462. The van der Waals surface area contributed by atoms with E-state index in [1.807, 2.05) is 25.2 Å². The maximum atomic E-state index is 11.6. The zero-order valence-electron chi connectivity index (χ0n) is 10.3. The van der Waals surface area contributed by atoms with Gasteiger partial charge in [-0.2, -0.15) is 0 Å². The highest BCUT2D eigenvalue weighted by Crippen LogP contribution is 2.26. The third-order valence-corrected chi connectivity index (χ3v) is 4.03. The lowest BCUT2D eigenvalue weighted by molar-refractivity contribution is -0.118. The Bertz CT molecular complexity index is 435. The molecule has 0 bridgehead atoms. The number of benzene rings is 1. The molecule has 2 N–H and O–H groups in total. The van der Waals surface area contributed by atoms with E-state index in [1.165, 1.54) is 5.56 Å². The molecule has 0 unspecified atom stereocenters. The zero-order valence-corrected chi connectivity index (χ0v) is 11.9. The average molecular weight is 285 g/mol. The van der Waals surface area contributed by atoms with Crippen molar-refractivity contribution in [2.75, 3.05) is 12.8 Å². The molecule has 0 heterocycles. The van der Waals surface area contributed by atoms with Gasteiger partial charge in [-0.25, -0.2) is 0 Å². The molecule has 1 fully saturated rings. The Balaban J connectivity index is 1.93. The molecule has 0 aromatic heterocycles. The number of amides is 1. The second-order valence-electron chi connectivity index (χ2n) is 4.41. The summed E-state index contributed by atoms with van der Waals surface area (Å²) in [5.41, 5.74) is 1.17. The van der Waals surface area contributed by atoms with Crippen molar-refractivity contribution in [3.8, 4) is 0 Å². The molecule has 1 aliphatic rings. The van der Waals surface area contributed by atoms with Crippen LogP contribution in [-0.4, -0.2) is 24.7 Å². The van der Waals surface area contributed by atoms with Crippen LogP contribution in [0.25, 0.3) is 0 Å². The lowest BCUT2D eigenvalue weighted by atomic mass is 10.2. The Labute approximate surface area is 117 Å². The summed E-state index contributed by atoms with van der Waals surface area (Å²) in [6, 6.07) is 6.22. The quantitative estimate of drug-likeness (QED) is 0.789. The minimum Gasteiger partial charge on any atom is -0.353 e. The summed E-state index contributed by atoms with van der Waals surface area (Å²) in [6.07, 6.45) is 2.25. The third kappa shape index (κ3) is 4.19. The molecule has 0 spiro atoms. The van der Waals surface area contributed by atoms with Gasteiger partial charge in [-0.05, 0) is 37.6 Å². The summed E-state index contributed by atoms with van der Waals surface area (Å²) in [7, 11) is 1.91. The second kappa shape index (κ2) is 6.45. The molecule has 0 atom stereocenters.